The number of carbonyl (C=O) groups excluding carboxylic acids is 1. The zero-order chi connectivity index (χ0) is 15.7. The number of nitrogens with one attached hydrogen (secondary N) is 1. The van der Waals surface area contributed by atoms with Crippen molar-refractivity contribution in [2.24, 2.45) is 7.05 Å². The first-order valence-corrected chi connectivity index (χ1v) is 8.17. The molecule has 7 heteroatoms. The fourth-order valence-corrected chi connectivity index (χ4v) is 3.46. The minimum atomic E-state index is -0.188. The smallest absolute Gasteiger partial charge is 0.248 e. The Morgan fingerprint density at radius 2 is 2.27 bits per heavy atom. The molecule has 3 rings (SSSR count). The largest absolute Gasteiger partial charge is 0.321 e. The Bertz CT molecular complexity index is 881. The van der Waals surface area contributed by atoms with Crippen LogP contribution in [0.2, 0.25) is 0 Å². The molecule has 0 saturated carbocycles. The summed E-state index contributed by atoms with van der Waals surface area (Å²) in [4.78, 5) is 17.3. The molecule has 3 aromatic rings. The predicted octanol–water partition coefficient (Wildman–Crippen LogP) is 3.75. The van der Waals surface area contributed by atoms with Gasteiger partial charge in [-0.15, -0.1) is 11.3 Å². The highest BCUT2D eigenvalue weighted by atomic mass is 79.9. The molecule has 0 unspecified atom stereocenters. The highest BCUT2D eigenvalue weighted by Gasteiger charge is 2.08. The van der Waals surface area contributed by atoms with E-state index in [1.165, 1.54) is 6.08 Å². The van der Waals surface area contributed by atoms with Crippen molar-refractivity contribution in [3.8, 4) is 0 Å². The van der Waals surface area contributed by atoms with Gasteiger partial charge in [-0.1, -0.05) is 0 Å². The Balaban J connectivity index is 1.76. The Kier molecular flexibility index (Phi) is 4.08. The topological polar surface area (TPSA) is 59.8 Å². The van der Waals surface area contributed by atoms with Crippen LogP contribution >= 0.6 is 27.3 Å². The van der Waals surface area contributed by atoms with Gasteiger partial charge in [0.1, 0.15) is 0 Å². The van der Waals surface area contributed by atoms with E-state index in [4.69, 9.17) is 0 Å². The summed E-state index contributed by atoms with van der Waals surface area (Å²) < 4.78 is 2.76. The SMILES string of the molecule is Cc1nn(C)c2ncc(NC(=O)/C=C/c3ccc(Br)s3)cc12. The Hall–Kier alpha value is -1.99. The first kappa shape index (κ1) is 14.9. The maximum absolute atomic E-state index is 12.0. The van der Waals surface area contributed by atoms with E-state index in [1.807, 2.05) is 32.2 Å². The lowest BCUT2D eigenvalue weighted by Gasteiger charge is -2.02. The summed E-state index contributed by atoms with van der Waals surface area (Å²) in [6, 6.07) is 5.79. The zero-order valence-corrected chi connectivity index (χ0v) is 14.4. The number of aromatic nitrogens is 3. The van der Waals surface area contributed by atoms with Crippen LogP contribution in [0.5, 0.6) is 0 Å². The molecule has 0 radical (unpaired) electrons. The van der Waals surface area contributed by atoms with Crippen LogP contribution in [0.4, 0.5) is 5.69 Å². The fraction of sp³-hybridized carbons (Fsp3) is 0.133. The van der Waals surface area contributed by atoms with E-state index in [0.717, 1.165) is 25.4 Å². The van der Waals surface area contributed by atoms with Crippen molar-refractivity contribution in [1.29, 1.82) is 0 Å². The molecule has 3 aromatic heterocycles. The number of halogens is 1. The summed E-state index contributed by atoms with van der Waals surface area (Å²) >= 11 is 4.96. The molecular weight excluding hydrogens is 364 g/mol. The van der Waals surface area contributed by atoms with E-state index in [1.54, 1.807) is 28.3 Å². The first-order valence-electron chi connectivity index (χ1n) is 6.56. The molecule has 5 nitrogen and oxygen atoms in total. The molecule has 0 aliphatic rings. The quantitative estimate of drug-likeness (QED) is 0.708. The fourth-order valence-electron chi connectivity index (χ4n) is 2.14. The third kappa shape index (κ3) is 3.10. The second-order valence-corrected chi connectivity index (χ2v) is 7.26. The zero-order valence-electron chi connectivity index (χ0n) is 12.0. The van der Waals surface area contributed by atoms with Gasteiger partial charge in [0.05, 0.1) is 21.4 Å². The number of aryl methyl sites for hydroxylation is 2. The van der Waals surface area contributed by atoms with Gasteiger partial charge in [-0.2, -0.15) is 5.10 Å². The molecule has 22 heavy (non-hydrogen) atoms. The van der Waals surface area contributed by atoms with Crippen molar-refractivity contribution in [3.05, 3.63) is 44.8 Å². The van der Waals surface area contributed by atoms with Gasteiger partial charge in [0.2, 0.25) is 5.91 Å². The Morgan fingerprint density at radius 3 is 3.00 bits per heavy atom. The van der Waals surface area contributed by atoms with E-state index >= 15 is 0 Å². The van der Waals surface area contributed by atoms with Gasteiger partial charge in [0.15, 0.2) is 5.65 Å². The number of carbonyl (C=O) groups is 1. The molecular formula is C15H13BrN4OS. The summed E-state index contributed by atoms with van der Waals surface area (Å²) in [6.07, 6.45) is 4.93. The summed E-state index contributed by atoms with van der Waals surface area (Å²) in [5, 5.41) is 8.06. The molecule has 0 aromatic carbocycles. The molecule has 0 atom stereocenters. The maximum Gasteiger partial charge on any atom is 0.248 e. The Labute approximate surface area is 139 Å². The van der Waals surface area contributed by atoms with Crippen LogP contribution < -0.4 is 5.32 Å². The van der Waals surface area contributed by atoms with E-state index in [0.29, 0.717) is 5.69 Å². The number of pyridine rings is 1. The number of amides is 1. The van der Waals surface area contributed by atoms with Crippen LogP contribution in [0.3, 0.4) is 0 Å². The molecule has 1 N–H and O–H groups in total. The van der Waals surface area contributed by atoms with E-state index in [-0.39, 0.29) is 5.91 Å². The number of hydrogen-bond acceptors (Lipinski definition) is 4. The van der Waals surface area contributed by atoms with Crippen molar-refractivity contribution in [1.82, 2.24) is 14.8 Å². The van der Waals surface area contributed by atoms with Crippen LogP contribution in [-0.4, -0.2) is 20.7 Å². The van der Waals surface area contributed by atoms with Gasteiger partial charge in [0.25, 0.3) is 0 Å². The second kappa shape index (κ2) is 6.02. The van der Waals surface area contributed by atoms with Crippen LogP contribution in [-0.2, 0) is 11.8 Å². The van der Waals surface area contributed by atoms with Gasteiger partial charge >= 0.3 is 0 Å². The molecule has 112 valence electrons. The second-order valence-electron chi connectivity index (χ2n) is 4.77. The van der Waals surface area contributed by atoms with Crippen molar-refractivity contribution < 1.29 is 4.79 Å². The van der Waals surface area contributed by atoms with Crippen LogP contribution in [0.1, 0.15) is 10.6 Å². The summed E-state index contributed by atoms with van der Waals surface area (Å²) in [5.41, 5.74) is 2.35. The normalized spacial score (nSPS) is 11.4. The molecule has 0 saturated heterocycles. The average molecular weight is 377 g/mol. The monoisotopic (exact) mass is 376 g/mol. The van der Waals surface area contributed by atoms with Crippen LogP contribution in [0.25, 0.3) is 17.1 Å². The van der Waals surface area contributed by atoms with Crippen molar-refractivity contribution in [2.75, 3.05) is 5.32 Å². The van der Waals surface area contributed by atoms with E-state index in [2.05, 4.69) is 31.3 Å². The molecule has 0 bridgehead atoms. The summed E-state index contributed by atoms with van der Waals surface area (Å²) in [5.74, 6) is -0.188. The molecule has 0 spiro atoms. The van der Waals surface area contributed by atoms with E-state index in [9.17, 15) is 4.79 Å². The number of thiophene rings is 1. The summed E-state index contributed by atoms with van der Waals surface area (Å²) in [7, 11) is 1.85. The summed E-state index contributed by atoms with van der Waals surface area (Å²) in [6.45, 7) is 1.92. The highest BCUT2D eigenvalue weighted by Crippen LogP contribution is 2.23. The minimum absolute atomic E-state index is 0.188. The van der Waals surface area contributed by atoms with Gasteiger partial charge in [-0.25, -0.2) is 4.98 Å². The lowest BCUT2D eigenvalue weighted by Crippen LogP contribution is -2.08. The maximum atomic E-state index is 12.0. The molecule has 0 aliphatic heterocycles. The predicted molar refractivity (Wildman–Crippen MR) is 92.9 cm³/mol. The average Bonchev–Trinajstić information content (AvgIpc) is 3.01. The molecule has 0 fully saturated rings. The standard InChI is InChI=1S/C15H13BrN4OS/c1-9-12-7-10(8-17-15(12)20(2)19-9)18-14(21)6-4-11-3-5-13(16)22-11/h3-8H,1-2H3,(H,18,21)/b6-4+. The van der Waals surface area contributed by atoms with Gasteiger partial charge in [-0.05, 0) is 47.1 Å². The molecule has 3 heterocycles. The van der Waals surface area contributed by atoms with E-state index < -0.39 is 0 Å². The number of fused-ring (bicyclic) bond motifs is 1. The minimum Gasteiger partial charge on any atom is -0.321 e. The number of hydrogen-bond donors (Lipinski definition) is 1. The lowest BCUT2D eigenvalue weighted by atomic mass is 10.2. The van der Waals surface area contributed by atoms with Crippen molar-refractivity contribution in [3.63, 3.8) is 0 Å². The third-order valence-corrected chi connectivity index (χ3v) is 4.71. The Morgan fingerprint density at radius 1 is 1.45 bits per heavy atom. The molecule has 0 aliphatic carbocycles. The number of rotatable bonds is 3. The van der Waals surface area contributed by atoms with Crippen LogP contribution in [0, 0.1) is 6.92 Å². The molecule has 1 amide bonds. The number of anilines is 1. The highest BCUT2D eigenvalue weighted by molar-refractivity contribution is 9.11. The lowest BCUT2D eigenvalue weighted by molar-refractivity contribution is -0.111. The van der Waals surface area contributed by atoms with Gasteiger partial charge in [-0.3, -0.25) is 9.48 Å². The number of nitrogens with zero attached hydrogens (tertiary/aromatic N) is 3. The first-order chi connectivity index (χ1) is 10.5. The van der Waals surface area contributed by atoms with Crippen molar-refractivity contribution >= 4 is 56.0 Å². The van der Waals surface area contributed by atoms with Gasteiger partial charge in [0, 0.05) is 23.4 Å². The third-order valence-electron chi connectivity index (χ3n) is 3.12. The van der Waals surface area contributed by atoms with Crippen LogP contribution in [0.15, 0.2) is 34.3 Å². The van der Waals surface area contributed by atoms with Crippen molar-refractivity contribution in [2.45, 2.75) is 6.92 Å². The van der Waals surface area contributed by atoms with Gasteiger partial charge < -0.3 is 5.32 Å².